The second kappa shape index (κ2) is 9.45. The van der Waals surface area contributed by atoms with Crippen LogP contribution in [0, 0.1) is 11.8 Å². The highest BCUT2D eigenvalue weighted by atomic mass is 16.5. The van der Waals surface area contributed by atoms with E-state index in [9.17, 15) is 9.59 Å². The molecular formula is C23H28N2O4. The van der Waals surface area contributed by atoms with E-state index in [0.29, 0.717) is 42.5 Å². The lowest BCUT2D eigenvalue weighted by Gasteiger charge is -2.25. The minimum absolute atomic E-state index is 0.0176. The van der Waals surface area contributed by atoms with Crippen LogP contribution in [0.2, 0.25) is 0 Å². The van der Waals surface area contributed by atoms with Crippen molar-refractivity contribution in [2.24, 2.45) is 11.8 Å². The number of carbonyl (C=O) groups excluding carboxylic acids is 2. The largest absolute Gasteiger partial charge is 0.497 e. The number of ether oxygens (including phenoxy) is 2. The Kier molecular flexibility index (Phi) is 6.75. The maximum atomic E-state index is 12.5. The van der Waals surface area contributed by atoms with Crippen LogP contribution in [0.25, 0.3) is 0 Å². The lowest BCUT2D eigenvalue weighted by atomic mass is 9.95. The van der Waals surface area contributed by atoms with Crippen LogP contribution in [-0.2, 0) is 11.2 Å². The predicted molar refractivity (Wildman–Crippen MR) is 113 cm³/mol. The van der Waals surface area contributed by atoms with Crippen LogP contribution >= 0.6 is 0 Å². The summed E-state index contributed by atoms with van der Waals surface area (Å²) in [5.74, 6) is 1.61. The normalized spacial score (nSPS) is 15.2. The zero-order valence-corrected chi connectivity index (χ0v) is 17.2. The van der Waals surface area contributed by atoms with Gasteiger partial charge in [-0.25, -0.2) is 0 Å². The molecule has 0 saturated heterocycles. The molecule has 3 rings (SSSR count). The topological polar surface area (TPSA) is 76.7 Å². The Labute approximate surface area is 171 Å². The van der Waals surface area contributed by atoms with E-state index in [1.807, 2.05) is 18.2 Å². The van der Waals surface area contributed by atoms with Crippen LogP contribution in [0.4, 0.5) is 5.69 Å². The summed E-state index contributed by atoms with van der Waals surface area (Å²) in [7, 11) is 1.59. The zero-order valence-electron chi connectivity index (χ0n) is 17.2. The average molecular weight is 396 g/mol. The summed E-state index contributed by atoms with van der Waals surface area (Å²) in [6.45, 7) is 5.32. The molecule has 1 atom stereocenters. The lowest BCUT2D eigenvalue weighted by molar-refractivity contribution is -0.126. The van der Waals surface area contributed by atoms with E-state index < -0.39 is 0 Å². The van der Waals surface area contributed by atoms with E-state index >= 15 is 0 Å². The smallest absolute Gasteiger partial charge is 0.255 e. The summed E-state index contributed by atoms with van der Waals surface area (Å²) in [6, 6.07) is 12.5. The van der Waals surface area contributed by atoms with Gasteiger partial charge in [-0.2, -0.15) is 0 Å². The van der Waals surface area contributed by atoms with Gasteiger partial charge in [0.1, 0.15) is 18.1 Å². The van der Waals surface area contributed by atoms with Crippen molar-refractivity contribution in [3.63, 3.8) is 0 Å². The molecule has 2 amide bonds. The minimum Gasteiger partial charge on any atom is -0.497 e. The van der Waals surface area contributed by atoms with Gasteiger partial charge in [-0.3, -0.25) is 9.59 Å². The number of nitrogens with one attached hydrogen (secondary N) is 2. The van der Waals surface area contributed by atoms with Crippen LogP contribution in [0.1, 0.15) is 36.2 Å². The first kappa shape index (κ1) is 20.7. The molecule has 2 N–H and O–H groups in total. The Balaban J connectivity index is 1.62. The SMILES string of the molecule is COc1ccc(C(=O)Nc2ccc3c(c2)CC(C(=O)NCCC(C)C)CO3)cc1. The molecule has 6 nitrogen and oxygen atoms in total. The Bertz CT molecular complexity index is 862. The summed E-state index contributed by atoms with van der Waals surface area (Å²) in [6.07, 6.45) is 1.55. The number of anilines is 1. The first-order chi connectivity index (χ1) is 14.0. The molecule has 0 bridgehead atoms. The van der Waals surface area contributed by atoms with E-state index in [-0.39, 0.29) is 17.7 Å². The molecule has 2 aromatic rings. The van der Waals surface area contributed by atoms with Crippen molar-refractivity contribution >= 4 is 17.5 Å². The predicted octanol–water partition coefficient (Wildman–Crippen LogP) is 3.66. The Morgan fingerprint density at radius 3 is 2.62 bits per heavy atom. The Morgan fingerprint density at radius 2 is 1.93 bits per heavy atom. The van der Waals surface area contributed by atoms with Gasteiger partial charge in [0.25, 0.3) is 5.91 Å². The van der Waals surface area contributed by atoms with Gasteiger partial charge in [0.15, 0.2) is 0 Å². The van der Waals surface area contributed by atoms with Crippen LogP contribution in [0.15, 0.2) is 42.5 Å². The number of fused-ring (bicyclic) bond motifs is 1. The quantitative estimate of drug-likeness (QED) is 0.749. The van der Waals surface area contributed by atoms with Crippen molar-refractivity contribution in [3.05, 3.63) is 53.6 Å². The molecule has 1 unspecified atom stereocenters. The second-order valence-electron chi connectivity index (χ2n) is 7.69. The molecule has 0 aliphatic carbocycles. The summed E-state index contributed by atoms with van der Waals surface area (Å²) in [5, 5.41) is 5.89. The van der Waals surface area contributed by atoms with Crippen LogP contribution in [0.5, 0.6) is 11.5 Å². The van der Waals surface area contributed by atoms with E-state index in [2.05, 4.69) is 24.5 Å². The molecule has 0 saturated carbocycles. The number of hydrogen-bond acceptors (Lipinski definition) is 4. The molecule has 0 aromatic heterocycles. The number of amides is 2. The van der Waals surface area contributed by atoms with Gasteiger partial charge in [-0.05, 0) is 66.8 Å². The highest BCUT2D eigenvalue weighted by molar-refractivity contribution is 6.04. The van der Waals surface area contributed by atoms with E-state index in [1.165, 1.54) is 0 Å². The number of methoxy groups -OCH3 is 1. The second-order valence-corrected chi connectivity index (χ2v) is 7.69. The third kappa shape index (κ3) is 5.50. The molecule has 0 fully saturated rings. The van der Waals surface area contributed by atoms with E-state index in [1.54, 1.807) is 31.4 Å². The number of benzene rings is 2. The third-order valence-corrected chi connectivity index (χ3v) is 4.97. The average Bonchev–Trinajstić information content (AvgIpc) is 2.73. The number of carbonyl (C=O) groups is 2. The first-order valence-corrected chi connectivity index (χ1v) is 9.95. The van der Waals surface area contributed by atoms with Gasteiger partial charge in [0.05, 0.1) is 13.0 Å². The highest BCUT2D eigenvalue weighted by Gasteiger charge is 2.26. The summed E-state index contributed by atoms with van der Waals surface area (Å²) in [4.78, 5) is 24.9. The standard InChI is InChI=1S/C23H28N2O4/c1-15(2)10-11-24-22(26)18-12-17-13-19(6-9-21(17)29-14-18)25-23(27)16-4-7-20(28-3)8-5-16/h4-9,13,15,18H,10-12,14H2,1-3H3,(H,24,26)(H,25,27). The van der Waals surface area contributed by atoms with Crippen molar-refractivity contribution < 1.29 is 19.1 Å². The van der Waals surface area contributed by atoms with E-state index in [4.69, 9.17) is 9.47 Å². The molecule has 0 radical (unpaired) electrons. The zero-order chi connectivity index (χ0) is 20.8. The molecule has 154 valence electrons. The fraction of sp³-hybridized carbons (Fsp3) is 0.391. The number of rotatable bonds is 7. The first-order valence-electron chi connectivity index (χ1n) is 9.95. The van der Waals surface area contributed by atoms with E-state index in [0.717, 1.165) is 17.7 Å². The van der Waals surface area contributed by atoms with Crippen LogP contribution < -0.4 is 20.1 Å². The minimum atomic E-state index is -0.220. The van der Waals surface area contributed by atoms with Gasteiger partial charge in [-0.15, -0.1) is 0 Å². The molecule has 1 aliphatic rings. The fourth-order valence-corrected chi connectivity index (χ4v) is 3.21. The van der Waals surface area contributed by atoms with Crippen molar-refractivity contribution in [2.75, 3.05) is 25.6 Å². The van der Waals surface area contributed by atoms with Crippen LogP contribution in [-0.4, -0.2) is 32.1 Å². The highest BCUT2D eigenvalue weighted by Crippen LogP contribution is 2.30. The summed E-state index contributed by atoms with van der Waals surface area (Å²) in [5.41, 5.74) is 2.14. The number of hydrogen-bond donors (Lipinski definition) is 2. The molecule has 6 heteroatoms. The fourth-order valence-electron chi connectivity index (χ4n) is 3.21. The molecule has 1 heterocycles. The van der Waals surface area contributed by atoms with Gasteiger partial charge in [-0.1, -0.05) is 13.8 Å². The van der Waals surface area contributed by atoms with Gasteiger partial charge in [0.2, 0.25) is 5.91 Å². The molecule has 29 heavy (non-hydrogen) atoms. The Hall–Kier alpha value is -3.02. The summed E-state index contributed by atoms with van der Waals surface area (Å²) < 4.78 is 10.9. The van der Waals surface area contributed by atoms with Crippen molar-refractivity contribution in [3.8, 4) is 11.5 Å². The monoisotopic (exact) mass is 396 g/mol. The summed E-state index contributed by atoms with van der Waals surface area (Å²) >= 11 is 0. The van der Waals surface area contributed by atoms with Crippen molar-refractivity contribution in [1.29, 1.82) is 0 Å². The van der Waals surface area contributed by atoms with Gasteiger partial charge >= 0.3 is 0 Å². The Morgan fingerprint density at radius 1 is 1.17 bits per heavy atom. The van der Waals surface area contributed by atoms with Crippen LogP contribution in [0.3, 0.4) is 0 Å². The van der Waals surface area contributed by atoms with Crippen molar-refractivity contribution in [1.82, 2.24) is 5.32 Å². The maximum Gasteiger partial charge on any atom is 0.255 e. The molecule has 0 spiro atoms. The molecule has 1 aliphatic heterocycles. The maximum absolute atomic E-state index is 12.5. The van der Waals surface area contributed by atoms with Gasteiger partial charge in [0, 0.05) is 17.8 Å². The lowest BCUT2D eigenvalue weighted by Crippen LogP contribution is -2.38. The van der Waals surface area contributed by atoms with Gasteiger partial charge < -0.3 is 20.1 Å². The molecular weight excluding hydrogens is 368 g/mol. The molecule has 2 aromatic carbocycles. The third-order valence-electron chi connectivity index (χ3n) is 4.97. The van der Waals surface area contributed by atoms with Crippen molar-refractivity contribution in [2.45, 2.75) is 26.7 Å².